The van der Waals surface area contributed by atoms with Crippen LogP contribution < -0.4 is 4.57 Å². The fraction of sp³-hybridized carbons (Fsp3) is 0.235. The van der Waals surface area contributed by atoms with Gasteiger partial charge in [-0.15, -0.1) is 0 Å². The second-order valence-electron chi connectivity index (χ2n) is 4.90. The molecule has 6 heteroatoms. The topological polar surface area (TPSA) is 53.5 Å². The molecule has 1 heterocycles. The van der Waals surface area contributed by atoms with Crippen LogP contribution in [-0.4, -0.2) is 22.5 Å². The Kier molecular flexibility index (Phi) is 5.90. The first-order chi connectivity index (χ1) is 11.1. The zero-order valence-corrected chi connectivity index (χ0v) is 13.5. The minimum atomic E-state index is -0.804. The van der Waals surface area contributed by atoms with Crippen molar-refractivity contribution >= 4 is 23.5 Å². The number of rotatable bonds is 6. The van der Waals surface area contributed by atoms with E-state index < -0.39 is 11.9 Å². The third kappa shape index (κ3) is 4.18. The summed E-state index contributed by atoms with van der Waals surface area (Å²) in [7, 11) is 0. The fourth-order valence-electron chi connectivity index (χ4n) is 2.19. The van der Waals surface area contributed by atoms with Crippen LogP contribution in [0.4, 0.5) is 4.39 Å². The summed E-state index contributed by atoms with van der Waals surface area (Å²) >= 11 is 5.29. The Hall–Kier alpha value is -2.18. The number of aliphatic hydroxyl groups is 1. The van der Waals surface area contributed by atoms with E-state index in [0.29, 0.717) is 17.7 Å². The van der Waals surface area contributed by atoms with E-state index in [1.165, 1.54) is 24.3 Å². The molecule has 0 saturated carbocycles. The highest BCUT2D eigenvalue weighted by molar-refractivity contribution is 7.77. The van der Waals surface area contributed by atoms with E-state index >= 15 is 0 Å². The summed E-state index contributed by atoms with van der Waals surface area (Å²) in [6, 6.07) is 7.99. The Morgan fingerprint density at radius 1 is 1.35 bits per heavy atom. The molecule has 0 radical (unpaired) electrons. The second kappa shape index (κ2) is 7.89. The van der Waals surface area contributed by atoms with Crippen molar-refractivity contribution in [2.45, 2.75) is 19.6 Å². The number of aromatic nitrogens is 1. The Morgan fingerprint density at radius 3 is 2.65 bits per heavy atom. The normalized spacial score (nSPS) is 12.9. The highest BCUT2D eigenvalue weighted by Gasteiger charge is 2.28. The lowest BCUT2D eigenvalue weighted by Gasteiger charge is -2.18. The van der Waals surface area contributed by atoms with Crippen LogP contribution >= 0.6 is 0 Å². The summed E-state index contributed by atoms with van der Waals surface area (Å²) in [6.45, 7) is 2.16. The number of benzene rings is 1. The predicted molar refractivity (Wildman–Crippen MR) is 87.7 cm³/mol. The van der Waals surface area contributed by atoms with Crippen molar-refractivity contribution < 1.29 is 18.9 Å². The molecule has 120 valence electrons. The molecule has 0 aliphatic rings. The molecule has 1 aromatic heterocycles. The maximum Gasteiger partial charge on any atom is 0.237 e. The summed E-state index contributed by atoms with van der Waals surface area (Å²) in [5.41, 5.74) is 1.01. The zero-order chi connectivity index (χ0) is 16.8. The van der Waals surface area contributed by atoms with Gasteiger partial charge in [-0.1, -0.05) is 0 Å². The van der Waals surface area contributed by atoms with Crippen molar-refractivity contribution in [3.63, 3.8) is 0 Å². The van der Waals surface area contributed by atoms with E-state index in [9.17, 15) is 14.3 Å². The Morgan fingerprint density at radius 2 is 2.04 bits per heavy atom. The molecule has 23 heavy (non-hydrogen) atoms. The maximum absolute atomic E-state index is 13.1. The molecule has 1 unspecified atom stereocenters. The number of pyridine rings is 1. The van der Waals surface area contributed by atoms with Crippen LogP contribution in [0.15, 0.2) is 53.8 Å². The van der Waals surface area contributed by atoms with Gasteiger partial charge in [0, 0.05) is 23.7 Å². The van der Waals surface area contributed by atoms with Gasteiger partial charge in [0.15, 0.2) is 12.4 Å². The number of aliphatic imine (C=N–C) groups is 1. The van der Waals surface area contributed by atoms with Gasteiger partial charge in [-0.05, 0) is 42.3 Å². The molecule has 0 aliphatic heterocycles. The molecule has 1 N–H and O–H groups in total. The van der Waals surface area contributed by atoms with E-state index in [0.717, 1.165) is 0 Å². The van der Waals surface area contributed by atoms with Crippen LogP contribution in [0.25, 0.3) is 0 Å². The number of hydrogen-bond acceptors (Lipinski definition) is 4. The minimum absolute atomic E-state index is 0.143. The van der Waals surface area contributed by atoms with Crippen LogP contribution in [0.3, 0.4) is 0 Å². The number of halogens is 1. The van der Waals surface area contributed by atoms with Gasteiger partial charge in [-0.2, -0.15) is 4.57 Å². The molecule has 0 amide bonds. The summed E-state index contributed by atoms with van der Waals surface area (Å²) in [6.07, 6.45) is 3.35. The molecule has 0 bridgehead atoms. The number of carbonyl (C=O) groups excluding carboxylic acids is 1. The summed E-state index contributed by atoms with van der Waals surface area (Å²) in [5, 5.41) is 9.53. The van der Waals surface area contributed by atoms with Crippen molar-refractivity contribution in [2.75, 3.05) is 6.54 Å². The van der Waals surface area contributed by atoms with E-state index in [1.807, 2.05) is 6.92 Å². The zero-order valence-electron chi connectivity index (χ0n) is 12.6. The summed E-state index contributed by atoms with van der Waals surface area (Å²) in [4.78, 5) is 17.0. The third-order valence-electron chi connectivity index (χ3n) is 3.29. The van der Waals surface area contributed by atoms with Crippen molar-refractivity contribution in [1.29, 1.82) is 0 Å². The van der Waals surface area contributed by atoms with Gasteiger partial charge in [-0.3, -0.25) is 4.79 Å². The molecule has 0 saturated heterocycles. The van der Waals surface area contributed by atoms with Gasteiger partial charge in [0.1, 0.15) is 5.82 Å². The van der Waals surface area contributed by atoms with E-state index in [-0.39, 0.29) is 17.4 Å². The largest absolute Gasteiger partial charge is 0.758 e. The number of Topliss-reactive ketones (excluding diaryl/α,β-unsaturated/α-hetero) is 1. The molecule has 1 atom stereocenters. The highest BCUT2D eigenvalue weighted by Crippen LogP contribution is 2.13. The fourth-order valence-corrected chi connectivity index (χ4v) is 2.54. The maximum atomic E-state index is 13.1. The Labute approximate surface area is 139 Å². The van der Waals surface area contributed by atoms with E-state index in [2.05, 4.69) is 4.99 Å². The molecule has 2 rings (SSSR count). The quantitative estimate of drug-likeness (QED) is 0.289. The Balaban J connectivity index is 2.47. The van der Waals surface area contributed by atoms with Crippen LogP contribution in [0.2, 0.25) is 0 Å². The smallest absolute Gasteiger partial charge is 0.237 e. The first kappa shape index (κ1) is 17.2. The average molecular weight is 332 g/mol. The monoisotopic (exact) mass is 332 g/mol. The molecule has 2 aromatic rings. The molecule has 4 nitrogen and oxygen atoms in total. The third-order valence-corrected chi connectivity index (χ3v) is 3.64. The lowest BCUT2D eigenvalue weighted by Crippen LogP contribution is -2.48. The van der Waals surface area contributed by atoms with Crippen molar-refractivity contribution in [1.82, 2.24) is 0 Å². The van der Waals surface area contributed by atoms with Crippen LogP contribution in [0, 0.1) is 5.82 Å². The first-order valence-electron chi connectivity index (χ1n) is 7.18. The minimum Gasteiger partial charge on any atom is -0.758 e. The number of carbonyl (C=O) groups is 1. The van der Waals surface area contributed by atoms with Gasteiger partial charge in [0.2, 0.25) is 11.8 Å². The van der Waals surface area contributed by atoms with Crippen molar-refractivity contribution in [3.05, 3.63) is 65.7 Å². The molecule has 0 aliphatic carbocycles. The predicted octanol–water partition coefficient (Wildman–Crippen LogP) is 1.99. The summed E-state index contributed by atoms with van der Waals surface area (Å²) in [5.74, 6) is -0.679. The highest BCUT2D eigenvalue weighted by atomic mass is 32.1. The second-order valence-corrected chi connectivity index (χ2v) is 5.32. The first-order valence-corrected chi connectivity index (χ1v) is 7.59. The van der Waals surface area contributed by atoms with E-state index in [4.69, 9.17) is 12.6 Å². The molecule has 0 fully saturated rings. The Bertz CT molecular complexity index is 717. The number of ketones is 1. The van der Waals surface area contributed by atoms with E-state index in [1.54, 1.807) is 29.1 Å². The van der Waals surface area contributed by atoms with Crippen molar-refractivity contribution in [2.24, 2.45) is 4.99 Å². The SMILES string of the molecule is CCN=C([S-])C(C(=O)c1ccc(F)cc1)[n+]1cccc(CO)c1. The lowest BCUT2D eigenvalue weighted by atomic mass is 10.0. The average Bonchev–Trinajstić information content (AvgIpc) is 2.56. The van der Waals surface area contributed by atoms with Gasteiger partial charge >= 0.3 is 0 Å². The van der Waals surface area contributed by atoms with Crippen molar-refractivity contribution in [3.8, 4) is 0 Å². The number of aliphatic hydroxyl groups excluding tert-OH is 1. The number of nitrogens with zero attached hydrogens (tertiary/aromatic N) is 2. The van der Waals surface area contributed by atoms with Gasteiger partial charge in [-0.25, -0.2) is 4.39 Å². The van der Waals surface area contributed by atoms with Gasteiger partial charge in [0.25, 0.3) is 0 Å². The number of hydrogen-bond donors (Lipinski definition) is 1. The van der Waals surface area contributed by atoms with Gasteiger partial charge < -0.3 is 22.7 Å². The van der Waals surface area contributed by atoms with Crippen LogP contribution in [0.5, 0.6) is 0 Å². The molecule has 0 spiro atoms. The lowest BCUT2D eigenvalue weighted by molar-refractivity contribution is -0.692. The van der Waals surface area contributed by atoms with Crippen LogP contribution in [-0.2, 0) is 19.2 Å². The molecular weight excluding hydrogens is 315 g/mol. The summed E-state index contributed by atoms with van der Waals surface area (Å²) < 4.78 is 14.7. The molecule has 1 aromatic carbocycles. The van der Waals surface area contributed by atoms with Crippen LogP contribution in [0.1, 0.15) is 28.9 Å². The molecular formula is C17H17FN2O2S. The van der Waals surface area contributed by atoms with Gasteiger partial charge in [0.05, 0.1) is 6.61 Å². The standard InChI is InChI=1S/C17H17FN2O2S/c1-2-19-17(23)15(20-9-3-4-12(10-20)11-21)16(22)13-5-7-14(18)8-6-13/h3-10,15,21H,2,11H2,1H3.